The highest BCUT2D eigenvalue weighted by atomic mass is 16.5. The van der Waals surface area contributed by atoms with Crippen LogP contribution in [0.15, 0.2) is 54.6 Å². The van der Waals surface area contributed by atoms with Crippen LogP contribution in [0.4, 0.5) is 0 Å². The lowest BCUT2D eigenvalue weighted by Crippen LogP contribution is -2.61. The van der Waals surface area contributed by atoms with Crippen molar-refractivity contribution < 1.29 is 14.3 Å². The van der Waals surface area contributed by atoms with E-state index in [1.807, 2.05) is 41.3 Å². The molecule has 172 valence electrons. The minimum absolute atomic E-state index is 0.0223. The van der Waals surface area contributed by atoms with Crippen LogP contribution < -0.4 is 4.74 Å². The molecule has 0 aromatic heterocycles. The smallest absolute Gasteiger partial charge is 0.255 e. The zero-order chi connectivity index (χ0) is 22.8. The molecule has 1 saturated heterocycles. The topological polar surface area (TPSA) is 38.8 Å². The number of carbonyl (C=O) groups is 1. The lowest BCUT2D eigenvalue weighted by molar-refractivity contribution is -0.196. The molecule has 1 amide bonds. The van der Waals surface area contributed by atoms with Crippen LogP contribution in [-0.2, 0) is 9.53 Å². The normalized spacial score (nSPS) is 29.0. The van der Waals surface area contributed by atoms with Gasteiger partial charge in [0.05, 0.1) is 25.3 Å². The number of carbonyl (C=O) groups excluding carboxylic acids is 1. The van der Waals surface area contributed by atoms with E-state index in [1.54, 1.807) is 7.11 Å². The molecular formula is C28H37NO3. The number of amides is 1. The van der Waals surface area contributed by atoms with Gasteiger partial charge in [-0.2, -0.15) is 0 Å². The number of benzene rings is 2. The standard InChI is InChI=1S/C28H37NO3/c1-18(2)24-15-14-19(3)16-25(24)32-27-26(22-12-9-13-23(17-22)31-5)29(28(27)30)20(4)21-10-7-6-8-11-21/h6-13,17-20,24-27H,14-16H2,1-5H3/t19-,20+,24+,25-,26-,27+/m1/s1. The molecule has 32 heavy (non-hydrogen) atoms. The van der Waals surface area contributed by atoms with Gasteiger partial charge >= 0.3 is 0 Å². The summed E-state index contributed by atoms with van der Waals surface area (Å²) in [4.78, 5) is 15.5. The Kier molecular flexibility index (Phi) is 6.90. The van der Waals surface area contributed by atoms with Gasteiger partial charge in [0.2, 0.25) is 0 Å². The molecule has 4 rings (SSSR count). The highest BCUT2D eigenvalue weighted by Gasteiger charge is 2.53. The van der Waals surface area contributed by atoms with Crippen molar-refractivity contribution in [3.8, 4) is 5.75 Å². The van der Waals surface area contributed by atoms with Gasteiger partial charge in [-0.1, -0.05) is 69.7 Å². The van der Waals surface area contributed by atoms with Crippen LogP contribution in [0.1, 0.15) is 70.2 Å². The number of β-lactam (4-membered cyclic amide) rings is 1. The first kappa shape index (κ1) is 22.8. The van der Waals surface area contributed by atoms with Crippen molar-refractivity contribution in [3.63, 3.8) is 0 Å². The highest BCUT2D eigenvalue weighted by molar-refractivity contribution is 5.89. The minimum atomic E-state index is -0.440. The molecule has 0 bridgehead atoms. The van der Waals surface area contributed by atoms with E-state index in [1.165, 1.54) is 12.8 Å². The minimum Gasteiger partial charge on any atom is -0.497 e. The van der Waals surface area contributed by atoms with E-state index in [2.05, 4.69) is 45.9 Å². The molecule has 6 atom stereocenters. The van der Waals surface area contributed by atoms with Crippen molar-refractivity contribution in [1.82, 2.24) is 4.90 Å². The summed E-state index contributed by atoms with van der Waals surface area (Å²) in [5.74, 6) is 2.59. The molecule has 2 aromatic carbocycles. The molecule has 4 heteroatoms. The number of nitrogens with zero attached hydrogens (tertiary/aromatic N) is 1. The van der Waals surface area contributed by atoms with Crippen molar-refractivity contribution >= 4 is 5.91 Å². The lowest BCUT2D eigenvalue weighted by atomic mass is 9.75. The van der Waals surface area contributed by atoms with Crippen molar-refractivity contribution in [1.29, 1.82) is 0 Å². The molecule has 4 nitrogen and oxygen atoms in total. The summed E-state index contributed by atoms with van der Waals surface area (Å²) in [6, 6.07) is 18.2. The third kappa shape index (κ3) is 4.43. The SMILES string of the molecule is COc1cccc([C@@H]2[C@H](O[C@@H]3C[C@H](C)CC[C@H]3C(C)C)C(=O)N2[C@@H](C)c2ccccc2)c1. The van der Waals surface area contributed by atoms with E-state index >= 15 is 0 Å². The van der Waals surface area contributed by atoms with Crippen LogP contribution >= 0.6 is 0 Å². The van der Waals surface area contributed by atoms with E-state index in [9.17, 15) is 4.79 Å². The number of rotatable bonds is 7. The second-order valence-electron chi connectivity index (χ2n) is 9.97. The largest absolute Gasteiger partial charge is 0.497 e. The second-order valence-corrected chi connectivity index (χ2v) is 9.97. The predicted molar refractivity (Wildman–Crippen MR) is 127 cm³/mol. The van der Waals surface area contributed by atoms with Crippen molar-refractivity contribution in [2.75, 3.05) is 7.11 Å². The first-order valence-corrected chi connectivity index (χ1v) is 12.1. The number of ether oxygens (including phenoxy) is 2. The van der Waals surface area contributed by atoms with Gasteiger partial charge < -0.3 is 14.4 Å². The third-order valence-electron chi connectivity index (χ3n) is 7.50. The molecule has 0 unspecified atom stereocenters. The lowest BCUT2D eigenvalue weighted by Gasteiger charge is -2.52. The molecule has 1 aliphatic heterocycles. The van der Waals surface area contributed by atoms with Crippen LogP contribution in [-0.4, -0.2) is 30.1 Å². The quantitative estimate of drug-likeness (QED) is 0.487. The van der Waals surface area contributed by atoms with Gasteiger partial charge in [0.25, 0.3) is 5.91 Å². The Morgan fingerprint density at radius 3 is 2.44 bits per heavy atom. The van der Waals surface area contributed by atoms with E-state index in [-0.39, 0.29) is 24.1 Å². The maximum atomic E-state index is 13.5. The van der Waals surface area contributed by atoms with Crippen LogP contribution in [0.3, 0.4) is 0 Å². The summed E-state index contributed by atoms with van der Waals surface area (Å²) in [7, 11) is 1.68. The van der Waals surface area contributed by atoms with Gasteiger partial charge in [0, 0.05) is 0 Å². The summed E-state index contributed by atoms with van der Waals surface area (Å²) < 4.78 is 12.2. The summed E-state index contributed by atoms with van der Waals surface area (Å²) in [5.41, 5.74) is 2.21. The molecule has 2 aliphatic rings. The third-order valence-corrected chi connectivity index (χ3v) is 7.50. The van der Waals surface area contributed by atoms with Crippen LogP contribution in [0.2, 0.25) is 0 Å². The molecule has 1 saturated carbocycles. The van der Waals surface area contributed by atoms with Crippen LogP contribution in [0.25, 0.3) is 0 Å². The van der Waals surface area contributed by atoms with Crippen molar-refractivity contribution in [2.24, 2.45) is 17.8 Å². The van der Waals surface area contributed by atoms with E-state index in [4.69, 9.17) is 9.47 Å². The summed E-state index contributed by atoms with van der Waals surface area (Å²) in [5, 5.41) is 0. The Hall–Kier alpha value is -2.33. The number of methoxy groups -OCH3 is 1. The average molecular weight is 436 g/mol. The molecule has 0 spiro atoms. The van der Waals surface area contributed by atoms with Gasteiger partial charge in [-0.05, 0) is 60.8 Å². The van der Waals surface area contributed by atoms with Crippen LogP contribution in [0, 0.1) is 17.8 Å². The zero-order valence-corrected chi connectivity index (χ0v) is 20.0. The van der Waals surface area contributed by atoms with Crippen molar-refractivity contribution in [3.05, 3.63) is 65.7 Å². The Morgan fingerprint density at radius 2 is 1.75 bits per heavy atom. The van der Waals surface area contributed by atoms with Crippen LogP contribution in [0.5, 0.6) is 5.75 Å². The Morgan fingerprint density at radius 1 is 1.00 bits per heavy atom. The average Bonchev–Trinajstić information content (AvgIpc) is 2.80. The van der Waals surface area contributed by atoms with Crippen molar-refractivity contribution in [2.45, 2.75) is 71.2 Å². The second kappa shape index (κ2) is 9.66. The van der Waals surface area contributed by atoms with Gasteiger partial charge in [0.1, 0.15) is 5.75 Å². The molecule has 2 aromatic rings. The van der Waals surface area contributed by atoms with Gasteiger partial charge in [-0.25, -0.2) is 0 Å². The van der Waals surface area contributed by atoms with E-state index in [0.29, 0.717) is 17.8 Å². The molecule has 0 radical (unpaired) electrons. The zero-order valence-electron chi connectivity index (χ0n) is 20.0. The summed E-state index contributed by atoms with van der Waals surface area (Å²) in [6.07, 6.45) is 3.15. The Balaban J connectivity index is 1.64. The molecular weight excluding hydrogens is 398 g/mol. The highest BCUT2D eigenvalue weighted by Crippen LogP contribution is 2.46. The molecule has 1 heterocycles. The number of likely N-dealkylation sites (tertiary alicyclic amines) is 1. The molecule has 2 fully saturated rings. The van der Waals surface area contributed by atoms with Gasteiger partial charge in [-0.3, -0.25) is 4.79 Å². The van der Waals surface area contributed by atoms with E-state index in [0.717, 1.165) is 23.3 Å². The van der Waals surface area contributed by atoms with E-state index < -0.39 is 6.10 Å². The predicted octanol–water partition coefficient (Wildman–Crippen LogP) is 6.19. The fourth-order valence-corrected chi connectivity index (χ4v) is 5.56. The number of hydrogen-bond acceptors (Lipinski definition) is 3. The monoisotopic (exact) mass is 435 g/mol. The maximum Gasteiger partial charge on any atom is 0.255 e. The first-order valence-electron chi connectivity index (χ1n) is 12.1. The molecule has 0 N–H and O–H groups in total. The maximum absolute atomic E-state index is 13.5. The fraction of sp³-hybridized carbons (Fsp3) is 0.536. The Bertz CT molecular complexity index is 912. The summed E-state index contributed by atoms with van der Waals surface area (Å²) >= 11 is 0. The van der Waals surface area contributed by atoms with Gasteiger partial charge in [-0.15, -0.1) is 0 Å². The first-order chi connectivity index (χ1) is 15.4. The summed E-state index contributed by atoms with van der Waals surface area (Å²) in [6.45, 7) is 8.97. The Labute approximate surface area is 192 Å². The fourth-order valence-electron chi connectivity index (χ4n) is 5.56. The number of hydrogen-bond donors (Lipinski definition) is 0. The molecule has 1 aliphatic carbocycles. The van der Waals surface area contributed by atoms with Gasteiger partial charge in [0.15, 0.2) is 6.10 Å².